The molecule has 1 N–H and O–H groups in total. The molecule has 19 heavy (non-hydrogen) atoms. The van der Waals surface area contributed by atoms with E-state index < -0.39 is 0 Å². The number of hydrogen-bond acceptors (Lipinski definition) is 2. The summed E-state index contributed by atoms with van der Waals surface area (Å²) in [6.07, 6.45) is 8.00. The van der Waals surface area contributed by atoms with E-state index in [1.807, 2.05) is 6.07 Å². The van der Waals surface area contributed by atoms with Crippen molar-refractivity contribution in [2.24, 2.45) is 0 Å². The molecule has 0 heterocycles. The van der Waals surface area contributed by atoms with Crippen LogP contribution in [0.5, 0.6) is 5.75 Å². The van der Waals surface area contributed by atoms with E-state index in [4.69, 9.17) is 4.74 Å². The highest BCUT2D eigenvalue weighted by atomic mass is 16.5. The average molecular weight is 263 g/mol. The fourth-order valence-electron chi connectivity index (χ4n) is 2.32. The third-order valence-electron chi connectivity index (χ3n) is 3.58. The van der Waals surface area contributed by atoms with E-state index in [-0.39, 0.29) is 0 Å². The van der Waals surface area contributed by atoms with E-state index in [1.54, 1.807) is 7.11 Å². The molecule has 0 fully saturated rings. The van der Waals surface area contributed by atoms with Crippen molar-refractivity contribution in [2.45, 2.75) is 65.3 Å². The molecule has 1 aromatic rings. The molecule has 0 amide bonds. The molecule has 108 valence electrons. The van der Waals surface area contributed by atoms with Gasteiger partial charge in [-0.3, -0.25) is 0 Å². The van der Waals surface area contributed by atoms with Crippen LogP contribution in [0.25, 0.3) is 0 Å². The monoisotopic (exact) mass is 263 g/mol. The van der Waals surface area contributed by atoms with Gasteiger partial charge in [0.15, 0.2) is 0 Å². The predicted molar refractivity (Wildman–Crippen MR) is 84.2 cm³/mol. The van der Waals surface area contributed by atoms with Crippen molar-refractivity contribution in [2.75, 3.05) is 12.4 Å². The molecule has 0 saturated heterocycles. The SMILES string of the molecule is CCCCCCCC(C)Nc1ccc(OC)cc1C. The number of anilines is 1. The van der Waals surface area contributed by atoms with Crippen molar-refractivity contribution in [3.8, 4) is 5.75 Å². The lowest BCUT2D eigenvalue weighted by atomic mass is 10.1. The van der Waals surface area contributed by atoms with E-state index in [1.165, 1.54) is 49.8 Å². The summed E-state index contributed by atoms with van der Waals surface area (Å²) in [4.78, 5) is 0. The minimum atomic E-state index is 0.536. The normalized spacial score (nSPS) is 12.2. The van der Waals surface area contributed by atoms with Crippen molar-refractivity contribution < 1.29 is 4.74 Å². The van der Waals surface area contributed by atoms with Crippen LogP contribution in [0.1, 0.15) is 57.9 Å². The van der Waals surface area contributed by atoms with Gasteiger partial charge in [-0.25, -0.2) is 0 Å². The first-order valence-electron chi connectivity index (χ1n) is 7.58. The van der Waals surface area contributed by atoms with Gasteiger partial charge in [0.25, 0.3) is 0 Å². The molecule has 0 saturated carbocycles. The van der Waals surface area contributed by atoms with Crippen LogP contribution in [0.3, 0.4) is 0 Å². The van der Waals surface area contributed by atoms with Gasteiger partial charge in [0.05, 0.1) is 7.11 Å². The second-order valence-electron chi connectivity index (χ2n) is 5.43. The summed E-state index contributed by atoms with van der Waals surface area (Å²) < 4.78 is 5.23. The number of rotatable bonds is 9. The van der Waals surface area contributed by atoms with Gasteiger partial charge in [0, 0.05) is 11.7 Å². The molecule has 1 unspecified atom stereocenters. The molecule has 0 aliphatic heterocycles. The number of unbranched alkanes of at least 4 members (excludes halogenated alkanes) is 4. The predicted octanol–water partition coefficient (Wildman–Crippen LogP) is 5.16. The van der Waals surface area contributed by atoms with E-state index >= 15 is 0 Å². The number of benzene rings is 1. The second-order valence-corrected chi connectivity index (χ2v) is 5.43. The molecular weight excluding hydrogens is 234 g/mol. The van der Waals surface area contributed by atoms with Crippen LogP contribution >= 0.6 is 0 Å². The highest BCUT2D eigenvalue weighted by Crippen LogP contribution is 2.22. The first kappa shape index (κ1) is 15.9. The zero-order valence-electron chi connectivity index (χ0n) is 13.0. The average Bonchev–Trinajstić information content (AvgIpc) is 2.41. The molecule has 2 heteroatoms. The summed E-state index contributed by atoms with van der Waals surface area (Å²) in [5, 5.41) is 3.60. The van der Waals surface area contributed by atoms with Crippen LogP contribution in [-0.4, -0.2) is 13.2 Å². The number of nitrogens with one attached hydrogen (secondary N) is 1. The Morgan fingerprint density at radius 1 is 1.16 bits per heavy atom. The Hall–Kier alpha value is -1.18. The molecule has 0 aromatic heterocycles. The van der Waals surface area contributed by atoms with Crippen molar-refractivity contribution in [3.63, 3.8) is 0 Å². The molecule has 0 aliphatic carbocycles. The fraction of sp³-hybridized carbons (Fsp3) is 0.647. The maximum Gasteiger partial charge on any atom is 0.119 e. The number of methoxy groups -OCH3 is 1. The van der Waals surface area contributed by atoms with Crippen LogP contribution in [-0.2, 0) is 0 Å². The van der Waals surface area contributed by atoms with Crippen LogP contribution in [0.15, 0.2) is 18.2 Å². The van der Waals surface area contributed by atoms with Gasteiger partial charge in [-0.1, -0.05) is 39.0 Å². The number of ether oxygens (including phenoxy) is 1. The van der Waals surface area contributed by atoms with Crippen LogP contribution in [0, 0.1) is 6.92 Å². The Morgan fingerprint density at radius 2 is 1.89 bits per heavy atom. The lowest BCUT2D eigenvalue weighted by Crippen LogP contribution is -2.15. The van der Waals surface area contributed by atoms with Gasteiger partial charge < -0.3 is 10.1 Å². The van der Waals surface area contributed by atoms with E-state index in [0.29, 0.717) is 6.04 Å². The summed E-state index contributed by atoms with van der Waals surface area (Å²) in [5.41, 5.74) is 2.47. The molecule has 0 spiro atoms. The minimum absolute atomic E-state index is 0.536. The Kier molecular flexibility index (Phi) is 7.39. The van der Waals surface area contributed by atoms with Gasteiger partial charge in [0.2, 0.25) is 0 Å². The Labute approximate surface area is 118 Å². The third kappa shape index (κ3) is 6.00. The smallest absolute Gasteiger partial charge is 0.119 e. The summed E-state index contributed by atoms with van der Waals surface area (Å²) >= 11 is 0. The van der Waals surface area contributed by atoms with E-state index in [9.17, 15) is 0 Å². The molecule has 1 aromatic carbocycles. The first-order valence-corrected chi connectivity index (χ1v) is 7.58. The summed E-state index contributed by atoms with van der Waals surface area (Å²) in [5.74, 6) is 0.926. The van der Waals surface area contributed by atoms with Crippen molar-refractivity contribution in [1.82, 2.24) is 0 Å². The van der Waals surface area contributed by atoms with Gasteiger partial charge in [-0.15, -0.1) is 0 Å². The largest absolute Gasteiger partial charge is 0.497 e. The molecule has 0 radical (unpaired) electrons. The zero-order valence-corrected chi connectivity index (χ0v) is 13.0. The highest BCUT2D eigenvalue weighted by molar-refractivity contribution is 5.54. The summed E-state index contributed by atoms with van der Waals surface area (Å²) in [6, 6.07) is 6.75. The van der Waals surface area contributed by atoms with Gasteiger partial charge in [0.1, 0.15) is 5.75 Å². The highest BCUT2D eigenvalue weighted by Gasteiger charge is 2.05. The van der Waals surface area contributed by atoms with Crippen molar-refractivity contribution >= 4 is 5.69 Å². The van der Waals surface area contributed by atoms with E-state index in [0.717, 1.165) is 5.75 Å². The fourth-order valence-corrected chi connectivity index (χ4v) is 2.32. The van der Waals surface area contributed by atoms with Crippen LogP contribution in [0.4, 0.5) is 5.69 Å². The standard InChI is InChI=1S/C17H29NO/c1-5-6-7-8-9-10-15(3)18-17-12-11-16(19-4)13-14(17)2/h11-13,15,18H,5-10H2,1-4H3. The second kappa shape index (κ2) is 8.84. The molecule has 2 nitrogen and oxygen atoms in total. The lowest BCUT2D eigenvalue weighted by Gasteiger charge is -2.17. The van der Waals surface area contributed by atoms with Gasteiger partial charge >= 0.3 is 0 Å². The van der Waals surface area contributed by atoms with Crippen LogP contribution in [0.2, 0.25) is 0 Å². The minimum Gasteiger partial charge on any atom is -0.497 e. The van der Waals surface area contributed by atoms with Gasteiger partial charge in [-0.05, 0) is 44.0 Å². The third-order valence-corrected chi connectivity index (χ3v) is 3.58. The summed E-state index contributed by atoms with van der Waals surface area (Å²) in [7, 11) is 1.71. The number of hydrogen-bond donors (Lipinski definition) is 1. The zero-order chi connectivity index (χ0) is 14.1. The summed E-state index contributed by atoms with van der Waals surface area (Å²) in [6.45, 7) is 6.65. The maximum absolute atomic E-state index is 5.23. The lowest BCUT2D eigenvalue weighted by molar-refractivity contribution is 0.414. The van der Waals surface area contributed by atoms with Crippen LogP contribution < -0.4 is 10.1 Å². The molecule has 0 aliphatic rings. The van der Waals surface area contributed by atoms with Crippen molar-refractivity contribution in [3.05, 3.63) is 23.8 Å². The Balaban J connectivity index is 2.33. The van der Waals surface area contributed by atoms with Gasteiger partial charge in [-0.2, -0.15) is 0 Å². The molecule has 1 atom stereocenters. The molecular formula is C17H29NO. The Morgan fingerprint density at radius 3 is 2.53 bits per heavy atom. The molecule has 0 bridgehead atoms. The first-order chi connectivity index (χ1) is 9.17. The number of aryl methyl sites for hydroxylation is 1. The quantitative estimate of drug-likeness (QED) is 0.621. The maximum atomic E-state index is 5.23. The van der Waals surface area contributed by atoms with E-state index in [2.05, 4.69) is 38.2 Å². The Bertz CT molecular complexity index is 362. The van der Waals surface area contributed by atoms with Crippen molar-refractivity contribution in [1.29, 1.82) is 0 Å². The molecule has 1 rings (SSSR count). The topological polar surface area (TPSA) is 21.3 Å².